The minimum absolute atomic E-state index is 0.0519. The van der Waals surface area contributed by atoms with Gasteiger partial charge in [-0.05, 0) is 33.1 Å². The summed E-state index contributed by atoms with van der Waals surface area (Å²) in [6, 6.07) is 0. The summed E-state index contributed by atoms with van der Waals surface area (Å²) >= 11 is 1.49. The van der Waals surface area contributed by atoms with Crippen molar-refractivity contribution in [2.45, 2.75) is 56.5 Å². The minimum atomic E-state index is -0.396. The van der Waals surface area contributed by atoms with Gasteiger partial charge in [-0.1, -0.05) is 18.7 Å². The number of piperidine rings is 1. The lowest BCUT2D eigenvalue weighted by Crippen LogP contribution is -2.31. The van der Waals surface area contributed by atoms with E-state index in [-0.39, 0.29) is 5.25 Å². The van der Waals surface area contributed by atoms with E-state index in [1.807, 2.05) is 13.8 Å². The molecule has 0 saturated carbocycles. The van der Waals surface area contributed by atoms with E-state index < -0.39 is 6.10 Å². The van der Waals surface area contributed by atoms with Crippen molar-refractivity contribution in [1.29, 1.82) is 0 Å². The molecule has 1 aliphatic rings. The highest BCUT2D eigenvalue weighted by Crippen LogP contribution is 2.25. The molecular weight excluding hydrogens is 286 g/mol. The first-order chi connectivity index (χ1) is 10.1. The van der Waals surface area contributed by atoms with Crippen molar-refractivity contribution in [3.05, 3.63) is 0 Å². The Labute approximate surface area is 130 Å². The smallest absolute Gasteiger partial charge is 0.231 e. The van der Waals surface area contributed by atoms with Gasteiger partial charge in [-0.2, -0.15) is 15.0 Å². The van der Waals surface area contributed by atoms with Gasteiger partial charge in [0.15, 0.2) is 5.16 Å². The van der Waals surface area contributed by atoms with E-state index >= 15 is 0 Å². The first-order valence-electron chi connectivity index (χ1n) is 7.69. The highest BCUT2D eigenvalue weighted by molar-refractivity contribution is 7.99. The van der Waals surface area contributed by atoms with Crippen LogP contribution in [0.2, 0.25) is 0 Å². The first kappa shape index (κ1) is 16.3. The maximum Gasteiger partial charge on any atom is 0.231 e. The Morgan fingerprint density at radius 1 is 1.19 bits per heavy atom. The molecule has 1 fully saturated rings. The van der Waals surface area contributed by atoms with Gasteiger partial charge in [-0.15, -0.1) is 0 Å². The number of thioether (sulfide) groups is 1. The summed E-state index contributed by atoms with van der Waals surface area (Å²) in [7, 11) is 0. The van der Waals surface area contributed by atoms with Gasteiger partial charge in [0.1, 0.15) is 0 Å². The van der Waals surface area contributed by atoms with Crippen molar-refractivity contribution < 1.29 is 5.11 Å². The molecule has 1 aromatic heterocycles. The number of aliphatic hydroxyl groups is 1. The van der Waals surface area contributed by atoms with E-state index in [1.54, 1.807) is 6.92 Å². The largest absolute Gasteiger partial charge is 0.392 e. The van der Waals surface area contributed by atoms with Crippen LogP contribution in [0.1, 0.15) is 40.0 Å². The van der Waals surface area contributed by atoms with Gasteiger partial charge in [0, 0.05) is 24.9 Å². The molecule has 118 valence electrons. The highest BCUT2D eigenvalue weighted by atomic mass is 32.2. The zero-order valence-electron chi connectivity index (χ0n) is 13.0. The van der Waals surface area contributed by atoms with E-state index in [0.717, 1.165) is 25.6 Å². The predicted octanol–water partition coefficient (Wildman–Crippen LogP) is 2.16. The van der Waals surface area contributed by atoms with Crippen molar-refractivity contribution in [3.8, 4) is 0 Å². The number of hydrogen-bond donors (Lipinski definition) is 2. The van der Waals surface area contributed by atoms with E-state index in [1.165, 1.54) is 31.0 Å². The molecule has 1 saturated heterocycles. The van der Waals surface area contributed by atoms with Crippen LogP contribution in [0.15, 0.2) is 5.16 Å². The van der Waals surface area contributed by atoms with Gasteiger partial charge < -0.3 is 15.3 Å². The second-order valence-electron chi connectivity index (χ2n) is 5.38. The summed E-state index contributed by atoms with van der Waals surface area (Å²) in [6.07, 6.45) is 3.26. The molecule has 0 aromatic carbocycles. The molecule has 7 heteroatoms. The second kappa shape index (κ2) is 7.79. The lowest BCUT2D eigenvalue weighted by Gasteiger charge is -2.27. The number of rotatable bonds is 6. The number of nitrogens with zero attached hydrogens (tertiary/aromatic N) is 4. The maximum absolute atomic E-state index is 9.65. The van der Waals surface area contributed by atoms with E-state index in [2.05, 4.69) is 25.2 Å². The predicted molar refractivity (Wildman–Crippen MR) is 87.1 cm³/mol. The average molecular weight is 311 g/mol. The van der Waals surface area contributed by atoms with Gasteiger partial charge >= 0.3 is 0 Å². The number of anilines is 2. The van der Waals surface area contributed by atoms with Gasteiger partial charge in [-0.25, -0.2) is 0 Å². The standard InChI is InChI=1S/C14H25N5OS/c1-4-15-12-16-13(19-8-6-5-7-9-19)18-14(17-12)21-11(3)10(2)20/h10-11,20H,4-9H2,1-3H3,(H,15,16,17,18). The first-order valence-corrected chi connectivity index (χ1v) is 8.57. The summed E-state index contributed by atoms with van der Waals surface area (Å²) < 4.78 is 0. The zero-order chi connectivity index (χ0) is 15.2. The molecule has 0 aliphatic carbocycles. The van der Waals surface area contributed by atoms with Crippen molar-refractivity contribution >= 4 is 23.7 Å². The van der Waals surface area contributed by atoms with E-state index in [0.29, 0.717) is 11.1 Å². The van der Waals surface area contributed by atoms with Gasteiger partial charge in [0.05, 0.1) is 6.10 Å². The Kier molecular flexibility index (Phi) is 6.05. The highest BCUT2D eigenvalue weighted by Gasteiger charge is 2.18. The Hall–Kier alpha value is -1.08. The Bertz CT molecular complexity index is 451. The van der Waals surface area contributed by atoms with Gasteiger partial charge in [0.2, 0.25) is 11.9 Å². The fourth-order valence-electron chi connectivity index (χ4n) is 2.14. The molecular formula is C14H25N5OS. The fourth-order valence-corrected chi connectivity index (χ4v) is 2.94. The third kappa shape index (κ3) is 4.71. The lowest BCUT2D eigenvalue weighted by atomic mass is 10.1. The number of hydrogen-bond acceptors (Lipinski definition) is 7. The van der Waals surface area contributed by atoms with Crippen molar-refractivity contribution in [1.82, 2.24) is 15.0 Å². The van der Waals surface area contributed by atoms with Gasteiger partial charge in [-0.3, -0.25) is 0 Å². The Balaban J connectivity index is 2.20. The van der Waals surface area contributed by atoms with Crippen LogP contribution in [0, 0.1) is 0 Å². The molecule has 0 bridgehead atoms. The monoisotopic (exact) mass is 311 g/mol. The number of aliphatic hydroxyl groups excluding tert-OH is 1. The quantitative estimate of drug-likeness (QED) is 0.780. The Morgan fingerprint density at radius 2 is 1.90 bits per heavy atom. The molecule has 2 rings (SSSR count). The fraction of sp³-hybridized carbons (Fsp3) is 0.786. The third-order valence-corrected chi connectivity index (χ3v) is 4.71. The molecule has 1 aromatic rings. The van der Waals surface area contributed by atoms with Crippen LogP contribution in [-0.4, -0.2) is 51.0 Å². The average Bonchev–Trinajstić information content (AvgIpc) is 2.48. The zero-order valence-corrected chi connectivity index (χ0v) is 13.9. The second-order valence-corrected chi connectivity index (χ2v) is 6.73. The molecule has 2 atom stereocenters. The van der Waals surface area contributed by atoms with Crippen LogP contribution in [0.4, 0.5) is 11.9 Å². The van der Waals surface area contributed by atoms with Crippen LogP contribution in [0.25, 0.3) is 0 Å². The van der Waals surface area contributed by atoms with Crippen LogP contribution in [-0.2, 0) is 0 Å². The molecule has 2 heterocycles. The summed E-state index contributed by atoms with van der Waals surface area (Å²) in [5.41, 5.74) is 0. The minimum Gasteiger partial charge on any atom is -0.392 e. The molecule has 0 spiro atoms. The third-order valence-electron chi connectivity index (χ3n) is 3.55. The van der Waals surface area contributed by atoms with Crippen LogP contribution < -0.4 is 10.2 Å². The molecule has 21 heavy (non-hydrogen) atoms. The summed E-state index contributed by atoms with van der Waals surface area (Å²) in [4.78, 5) is 15.8. The van der Waals surface area contributed by atoms with Crippen molar-refractivity contribution in [2.24, 2.45) is 0 Å². The van der Waals surface area contributed by atoms with Crippen LogP contribution in [0.5, 0.6) is 0 Å². The maximum atomic E-state index is 9.65. The van der Waals surface area contributed by atoms with Crippen molar-refractivity contribution in [2.75, 3.05) is 29.9 Å². The molecule has 2 N–H and O–H groups in total. The molecule has 6 nitrogen and oxygen atoms in total. The van der Waals surface area contributed by atoms with Crippen molar-refractivity contribution in [3.63, 3.8) is 0 Å². The molecule has 0 radical (unpaired) electrons. The Morgan fingerprint density at radius 3 is 2.52 bits per heavy atom. The van der Waals surface area contributed by atoms with E-state index in [9.17, 15) is 5.11 Å². The topological polar surface area (TPSA) is 74.2 Å². The summed E-state index contributed by atoms with van der Waals surface area (Å²) in [6.45, 7) is 8.58. The van der Waals surface area contributed by atoms with E-state index in [4.69, 9.17) is 0 Å². The lowest BCUT2D eigenvalue weighted by molar-refractivity contribution is 0.196. The number of aromatic nitrogens is 3. The molecule has 0 amide bonds. The normalized spacial score (nSPS) is 18.4. The molecule has 2 unspecified atom stereocenters. The number of nitrogens with one attached hydrogen (secondary N) is 1. The van der Waals surface area contributed by atoms with Crippen LogP contribution >= 0.6 is 11.8 Å². The summed E-state index contributed by atoms with van der Waals surface area (Å²) in [5.74, 6) is 1.37. The van der Waals surface area contributed by atoms with Gasteiger partial charge in [0.25, 0.3) is 0 Å². The SMILES string of the molecule is CCNc1nc(SC(C)C(C)O)nc(N2CCCCC2)n1. The summed E-state index contributed by atoms with van der Waals surface area (Å²) in [5, 5.41) is 13.5. The van der Waals surface area contributed by atoms with Crippen LogP contribution in [0.3, 0.4) is 0 Å². The molecule has 1 aliphatic heterocycles.